The summed E-state index contributed by atoms with van der Waals surface area (Å²) in [6.45, 7) is 14.6. The van der Waals surface area contributed by atoms with E-state index in [1.807, 2.05) is 6.92 Å². The van der Waals surface area contributed by atoms with Crippen LogP contribution in [0.3, 0.4) is 0 Å². The van der Waals surface area contributed by atoms with Crippen LogP contribution in [-0.2, 0) is 52.2 Å². The fraction of sp³-hybridized carbons (Fsp3) is 0.983. The van der Waals surface area contributed by atoms with Crippen molar-refractivity contribution in [1.29, 1.82) is 0 Å². The number of aliphatic hydroxyl groups is 16. The fourth-order valence-corrected chi connectivity index (χ4v) is 18.5. The molecule has 10 fully saturated rings. The molecule has 0 amide bonds. The molecule has 5 heterocycles. The van der Waals surface area contributed by atoms with Crippen molar-refractivity contribution in [2.24, 2.45) is 56.2 Å². The maximum atomic E-state index is 15.4. The molecule has 10 aliphatic rings. The molecule has 5 saturated heterocycles. The second-order valence-electron chi connectivity index (χ2n) is 29.0. The smallest absolute Gasteiger partial charge is 0.312 e. The average molecular weight is 1240 g/mol. The van der Waals surface area contributed by atoms with Gasteiger partial charge < -0.3 is 129 Å². The van der Waals surface area contributed by atoms with E-state index < -0.39 is 190 Å². The third-order valence-electron chi connectivity index (χ3n) is 23.9. The van der Waals surface area contributed by atoms with Crippen molar-refractivity contribution in [1.82, 2.24) is 0 Å². The van der Waals surface area contributed by atoms with E-state index in [9.17, 15) is 81.7 Å². The first kappa shape index (κ1) is 67.4. The lowest BCUT2D eigenvalue weighted by Gasteiger charge is -2.73. The first-order valence-corrected chi connectivity index (χ1v) is 31.0. The number of esters is 1. The lowest BCUT2D eigenvalue weighted by Crippen LogP contribution is -2.69. The molecule has 0 aromatic heterocycles. The van der Waals surface area contributed by atoms with Gasteiger partial charge in [0.25, 0.3) is 0 Å². The minimum absolute atomic E-state index is 0.0350. The van der Waals surface area contributed by atoms with Gasteiger partial charge in [0.05, 0.1) is 43.5 Å². The summed E-state index contributed by atoms with van der Waals surface area (Å²) in [4.78, 5) is 15.4. The molecule has 5 aliphatic carbocycles. The van der Waals surface area contributed by atoms with Crippen LogP contribution in [0.4, 0.5) is 0 Å². The Hall–Kier alpha value is -1.53. The van der Waals surface area contributed by atoms with E-state index in [4.69, 9.17) is 47.4 Å². The third kappa shape index (κ3) is 11.2. The largest absolute Gasteiger partial charge is 0.456 e. The first-order valence-electron chi connectivity index (χ1n) is 31.0. The number of rotatable bonds is 13. The van der Waals surface area contributed by atoms with Crippen LogP contribution in [0.2, 0.25) is 0 Å². The standard InChI is InChI=1S/C59H98O27/c1-23-32(62)37(67)46(48(75)78-23)84-52-42(72)36(66)41(71)51(86-52)82-31-12-13-55(5)29(56(31,6)22-61)11-14-58(8)30(55)10-9-25-26-19-54(3,4)15-17-59(26,18-16-57(25,58)7)53(76)85-45-34(64)27(20-60)80-49(43(45)73)77-21-28-33(63)35(65)40(70)50(81-28)83-44-24(2)79-47(74)39(69)38(44)68/h23-52,60-75H,9-22H2,1-8H3/t23-,24+,25-,26-,27-,28-,29-,30-,31+,32-,33+,34-,35-,36-,37+,38+,39-,40-,41+,42+,43-,44-,45+,46+,47-,48+,49+,50-,51-,52+,55+,56+,57-,58-,59+/m1/s1. The number of fused-ring (bicyclic) bond motifs is 7. The van der Waals surface area contributed by atoms with Crippen LogP contribution in [0.5, 0.6) is 0 Å². The van der Waals surface area contributed by atoms with Gasteiger partial charge in [-0.25, -0.2) is 0 Å². The van der Waals surface area contributed by atoms with Crippen molar-refractivity contribution in [2.75, 3.05) is 19.8 Å². The number of carbonyl (C=O) groups excluding carboxylic acids is 1. The van der Waals surface area contributed by atoms with Crippen LogP contribution < -0.4 is 0 Å². The van der Waals surface area contributed by atoms with Crippen LogP contribution in [0, 0.1) is 56.2 Å². The summed E-state index contributed by atoms with van der Waals surface area (Å²) < 4.78 is 58.4. The topological polar surface area (TPSA) is 433 Å². The Kier molecular flexibility index (Phi) is 19.4. The fourth-order valence-electron chi connectivity index (χ4n) is 18.5. The zero-order chi connectivity index (χ0) is 62.9. The van der Waals surface area contributed by atoms with E-state index in [1.165, 1.54) is 13.8 Å². The van der Waals surface area contributed by atoms with E-state index in [0.717, 1.165) is 19.3 Å². The van der Waals surface area contributed by atoms with Crippen LogP contribution in [-0.4, -0.2) is 267 Å². The van der Waals surface area contributed by atoms with Crippen molar-refractivity contribution in [3.63, 3.8) is 0 Å². The van der Waals surface area contributed by atoms with Crippen LogP contribution in [0.25, 0.3) is 0 Å². The quantitative estimate of drug-likeness (QED) is 0.0640. The van der Waals surface area contributed by atoms with Gasteiger partial charge in [-0.3, -0.25) is 4.79 Å². The van der Waals surface area contributed by atoms with Crippen LogP contribution in [0.1, 0.15) is 126 Å². The normalized spacial score (nSPS) is 56.6. The Morgan fingerprint density at radius 1 is 0.465 bits per heavy atom. The molecule has 0 unspecified atom stereocenters. The minimum Gasteiger partial charge on any atom is -0.456 e. The summed E-state index contributed by atoms with van der Waals surface area (Å²) in [5, 5.41) is 174. The van der Waals surface area contributed by atoms with Crippen molar-refractivity contribution in [3.05, 3.63) is 0 Å². The average Bonchev–Trinajstić information content (AvgIpc) is 0.684. The zero-order valence-corrected chi connectivity index (χ0v) is 50.4. The molecule has 0 spiro atoms. The van der Waals surface area contributed by atoms with Crippen molar-refractivity contribution >= 4 is 5.97 Å². The third-order valence-corrected chi connectivity index (χ3v) is 23.9. The molecule has 27 nitrogen and oxygen atoms in total. The van der Waals surface area contributed by atoms with Gasteiger partial charge in [-0.05, 0) is 130 Å². The summed E-state index contributed by atoms with van der Waals surface area (Å²) in [6.07, 6.45) is -34.7. The van der Waals surface area contributed by atoms with Crippen molar-refractivity contribution in [2.45, 2.75) is 286 Å². The van der Waals surface area contributed by atoms with Gasteiger partial charge in [0.15, 0.2) is 43.8 Å². The second kappa shape index (κ2) is 24.7. The number of carbonyl (C=O) groups is 1. The number of ether oxygens (including phenoxy) is 10. The first-order chi connectivity index (χ1) is 40.2. The Balaban J connectivity index is 0.831. The predicted molar refractivity (Wildman–Crippen MR) is 289 cm³/mol. The molecule has 5 saturated carbocycles. The highest BCUT2D eigenvalue weighted by molar-refractivity contribution is 5.78. The predicted octanol–water partition coefficient (Wildman–Crippen LogP) is -3.15. The van der Waals surface area contributed by atoms with Gasteiger partial charge in [-0.2, -0.15) is 0 Å². The molecule has 86 heavy (non-hydrogen) atoms. The molecule has 0 radical (unpaired) electrons. The minimum atomic E-state index is -1.90. The van der Waals surface area contributed by atoms with Gasteiger partial charge in [0.2, 0.25) is 0 Å². The van der Waals surface area contributed by atoms with E-state index >= 15 is 4.79 Å². The highest BCUT2D eigenvalue weighted by Crippen LogP contribution is 2.77. The van der Waals surface area contributed by atoms with E-state index in [2.05, 4.69) is 34.6 Å². The maximum absolute atomic E-state index is 15.4. The second-order valence-corrected chi connectivity index (χ2v) is 29.0. The van der Waals surface area contributed by atoms with E-state index in [1.54, 1.807) is 0 Å². The summed E-state index contributed by atoms with van der Waals surface area (Å²) in [5.41, 5.74) is -3.01. The number of aliphatic hydroxyl groups excluding tert-OH is 16. The van der Waals surface area contributed by atoms with Crippen LogP contribution in [0.15, 0.2) is 0 Å². The molecule has 0 bridgehead atoms. The molecule has 0 aromatic rings. The summed E-state index contributed by atoms with van der Waals surface area (Å²) >= 11 is 0. The molecule has 496 valence electrons. The van der Waals surface area contributed by atoms with Crippen molar-refractivity contribution in [3.8, 4) is 0 Å². The Morgan fingerprint density at radius 2 is 1.06 bits per heavy atom. The number of hydrogen-bond acceptors (Lipinski definition) is 27. The SMILES string of the molecule is C[C@@H]1O[C@@H](O)[C@H](O)[C@H](O)[C@@H]1O[C@H]1O[C@H](CO[C@H]2O[C@H](CO)[C@@H](O)[C@H](OC(=O)[C@]34CCC(C)(C)C[C@@H]3[C@H]3CC[C@@H]5[C@@]6(C)CC[C@H](O[C@@H]7O[C@H](O[C@H]8[C@@H](O)[C@H](O)[C@@H](C)O[C@@H]8O)[C@@H](O)[C@H](O)[C@@H]7O)[C@@](C)(CO)[C@@H]6CC[C@@]5(C)[C@]3(C)CC4)[C@H]2O)[C@H](O)[C@@H](O)[C@H]1O. The monoisotopic (exact) mass is 1240 g/mol. The Labute approximate surface area is 500 Å². The molecule has 35 atom stereocenters. The summed E-state index contributed by atoms with van der Waals surface area (Å²) in [7, 11) is 0. The Morgan fingerprint density at radius 3 is 1.72 bits per heavy atom. The van der Waals surface area contributed by atoms with Gasteiger partial charge in [-0.15, -0.1) is 0 Å². The maximum Gasteiger partial charge on any atom is 0.312 e. The molecule has 16 N–H and O–H groups in total. The van der Waals surface area contributed by atoms with Crippen LogP contribution >= 0.6 is 0 Å². The van der Waals surface area contributed by atoms with E-state index in [-0.39, 0.29) is 51.9 Å². The highest BCUT2D eigenvalue weighted by Gasteiger charge is 2.72. The molecular formula is C59H98O27. The van der Waals surface area contributed by atoms with Gasteiger partial charge >= 0.3 is 5.97 Å². The lowest BCUT2D eigenvalue weighted by molar-refractivity contribution is -0.396. The molecular weight excluding hydrogens is 1140 g/mol. The number of hydrogen-bond donors (Lipinski definition) is 16. The molecule has 0 aromatic carbocycles. The lowest BCUT2D eigenvalue weighted by atomic mass is 9.31. The Bertz CT molecular complexity index is 2340. The highest BCUT2D eigenvalue weighted by atomic mass is 16.8. The van der Waals surface area contributed by atoms with E-state index in [0.29, 0.717) is 51.4 Å². The summed E-state index contributed by atoms with van der Waals surface area (Å²) in [6, 6.07) is 0. The molecule has 10 rings (SSSR count). The van der Waals surface area contributed by atoms with Gasteiger partial charge in [0, 0.05) is 5.41 Å². The van der Waals surface area contributed by atoms with Gasteiger partial charge in [-0.1, -0.05) is 41.5 Å². The molecule has 5 aliphatic heterocycles. The zero-order valence-electron chi connectivity index (χ0n) is 50.4. The van der Waals surface area contributed by atoms with Gasteiger partial charge in [0.1, 0.15) is 97.7 Å². The molecule has 27 heteroatoms. The van der Waals surface area contributed by atoms with Crippen molar-refractivity contribution < 1.29 is 134 Å². The summed E-state index contributed by atoms with van der Waals surface area (Å²) in [5.74, 6) is -0.699.